The minimum absolute atomic E-state index is 0.0555. The molecule has 3 amide bonds. The van der Waals surface area contributed by atoms with Gasteiger partial charge in [-0.25, -0.2) is 19.6 Å². The van der Waals surface area contributed by atoms with E-state index in [-0.39, 0.29) is 47.8 Å². The molecule has 1 aliphatic rings. The average molecular weight is 790 g/mol. The van der Waals surface area contributed by atoms with Crippen LogP contribution in [-0.2, 0) is 56.3 Å². The van der Waals surface area contributed by atoms with E-state index in [2.05, 4.69) is 20.8 Å². The molecule has 20 nitrogen and oxygen atoms in total. The first kappa shape index (κ1) is 40.7. The van der Waals surface area contributed by atoms with Gasteiger partial charge in [-0.15, -0.1) is 22.9 Å². The van der Waals surface area contributed by atoms with Crippen molar-refractivity contribution in [3.8, 4) is 0 Å². The van der Waals surface area contributed by atoms with Gasteiger partial charge in [0, 0.05) is 29.6 Å². The second-order valence-electron chi connectivity index (χ2n) is 12.3. The van der Waals surface area contributed by atoms with E-state index in [9.17, 15) is 44.2 Å². The lowest BCUT2D eigenvalue weighted by atomic mass is 10.1. The number of hydrogen-bond donors (Lipinski definition) is 2. The van der Waals surface area contributed by atoms with Crippen molar-refractivity contribution in [2.75, 3.05) is 17.7 Å². The van der Waals surface area contributed by atoms with Crippen LogP contribution in [0.2, 0.25) is 0 Å². The summed E-state index contributed by atoms with van der Waals surface area (Å²) in [5.41, 5.74) is -3.38. The zero-order valence-electron chi connectivity index (χ0n) is 28.9. The Morgan fingerprint density at radius 1 is 0.926 bits per heavy atom. The molecule has 1 aromatic heterocycles. The Morgan fingerprint density at radius 2 is 1.44 bits per heavy atom. The van der Waals surface area contributed by atoms with Crippen molar-refractivity contribution >= 4 is 74.8 Å². The van der Waals surface area contributed by atoms with Crippen LogP contribution in [0.4, 0.5) is 16.5 Å². The van der Waals surface area contributed by atoms with Crippen molar-refractivity contribution in [3.63, 3.8) is 0 Å². The summed E-state index contributed by atoms with van der Waals surface area (Å²) in [6.07, 6.45) is 0. The first-order chi connectivity index (χ1) is 25.4. The monoisotopic (exact) mass is 789 g/mol. The Morgan fingerprint density at radius 3 is 1.93 bits per heavy atom. The third kappa shape index (κ3) is 10.5. The fourth-order valence-corrected chi connectivity index (χ4v) is 4.97. The van der Waals surface area contributed by atoms with E-state index in [4.69, 9.17) is 30.7 Å². The summed E-state index contributed by atoms with van der Waals surface area (Å²) in [5, 5.41) is 32.8. The number of hydrogen-bond acceptors (Lipinski definition) is 16. The average Bonchev–Trinajstić information content (AvgIpc) is 3.59. The number of nitro groups is 2. The molecule has 54 heavy (non-hydrogen) atoms. The Bertz CT molecular complexity index is 1970. The Hall–Kier alpha value is -6.06. The van der Waals surface area contributed by atoms with Gasteiger partial charge in [0.05, 0.1) is 16.4 Å². The number of ether oxygens (including phenoxy) is 2. The second-order valence-corrected chi connectivity index (χ2v) is 13.4. The lowest BCUT2D eigenvalue weighted by molar-refractivity contribution is -0.385. The molecule has 0 unspecified atom stereocenters. The van der Waals surface area contributed by atoms with E-state index in [1.54, 1.807) is 0 Å². The van der Waals surface area contributed by atoms with Gasteiger partial charge in [0.1, 0.15) is 30.8 Å². The number of carbonyl (C=O) groups excluding carboxylic acids is 5. The van der Waals surface area contributed by atoms with Crippen molar-refractivity contribution in [3.05, 3.63) is 91.0 Å². The van der Waals surface area contributed by atoms with Gasteiger partial charge in [-0.3, -0.25) is 39.4 Å². The number of nitrogens with zero attached hydrogens (tertiary/aromatic N) is 5. The number of halogens is 1. The molecular formula is C32H32ClN7O13S. The highest BCUT2D eigenvalue weighted by Crippen LogP contribution is 2.23. The standard InChI is InChI=1S/C32H32ClN7O13S/c1-31(2,28(44)50-15-18-5-9-20(10-6-18)39(46)47)52-37-25(23-17-54-30(35-23)36-24(41)13-33)26(42)34-22-14-38(27(22)43)53-32(3,4)29(45)51-16-19-7-11-21(12-8-19)40(48)49/h5-12,17,22H,13-16H2,1-4H3,(H,34,42)(H,35,36,41)/b37-25-/t22-/m0/s1. The number of oxime groups is 1. The minimum Gasteiger partial charge on any atom is -0.459 e. The number of amides is 3. The van der Waals surface area contributed by atoms with E-state index in [1.807, 2.05) is 0 Å². The van der Waals surface area contributed by atoms with E-state index in [0.717, 1.165) is 16.4 Å². The number of β-lactam (4-membered cyclic amide) rings is 1. The third-order valence-corrected chi connectivity index (χ3v) is 8.25. The second kappa shape index (κ2) is 17.2. The molecule has 1 atom stereocenters. The normalized spacial score (nSPS) is 14.4. The molecule has 0 bridgehead atoms. The van der Waals surface area contributed by atoms with Gasteiger partial charge in [0.2, 0.25) is 11.5 Å². The maximum atomic E-state index is 13.5. The highest BCUT2D eigenvalue weighted by Gasteiger charge is 2.45. The van der Waals surface area contributed by atoms with Crippen molar-refractivity contribution < 1.29 is 53.0 Å². The number of carbonyl (C=O) groups is 5. The molecule has 1 fully saturated rings. The van der Waals surface area contributed by atoms with Crippen LogP contribution in [0.15, 0.2) is 59.1 Å². The zero-order valence-corrected chi connectivity index (χ0v) is 30.5. The molecule has 0 saturated carbocycles. The van der Waals surface area contributed by atoms with Gasteiger partial charge >= 0.3 is 11.9 Å². The van der Waals surface area contributed by atoms with Gasteiger partial charge in [-0.2, -0.15) is 0 Å². The van der Waals surface area contributed by atoms with Crippen LogP contribution in [0, 0.1) is 20.2 Å². The minimum atomic E-state index is -1.78. The molecule has 2 heterocycles. The van der Waals surface area contributed by atoms with Crippen LogP contribution < -0.4 is 10.6 Å². The van der Waals surface area contributed by atoms with Gasteiger partial charge in [0.25, 0.3) is 23.2 Å². The number of anilines is 1. The number of rotatable bonds is 17. The lowest BCUT2D eigenvalue weighted by Gasteiger charge is -2.40. The zero-order chi connectivity index (χ0) is 39.8. The maximum Gasteiger partial charge on any atom is 0.353 e. The topological polar surface area (TPSA) is 261 Å². The SMILES string of the molecule is CC(C)(O/N=C(\C(=O)N[C@H]1CN(OC(C)(C)C(=O)OCc2ccc([N+](=O)[O-])cc2)C1=O)c1csc(NC(=O)CCl)n1)C(=O)OCc1ccc([N+](=O)[O-])cc1. The summed E-state index contributed by atoms with van der Waals surface area (Å²) in [6.45, 7) is 4.64. The van der Waals surface area contributed by atoms with Crippen LogP contribution >= 0.6 is 22.9 Å². The summed E-state index contributed by atoms with van der Waals surface area (Å²) >= 11 is 6.47. The molecule has 286 valence electrons. The number of non-ortho nitro benzene ring substituents is 2. The summed E-state index contributed by atoms with van der Waals surface area (Å²) in [5.74, 6) is -4.40. The first-order valence-corrected chi connectivity index (χ1v) is 17.0. The molecule has 2 N–H and O–H groups in total. The van der Waals surface area contributed by atoms with Crippen molar-refractivity contribution in [1.82, 2.24) is 15.4 Å². The molecule has 2 aromatic carbocycles. The molecule has 22 heteroatoms. The molecule has 0 radical (unpaired) electrons. The van der Waals surface area contributed by atoms with Gasteiger partial charge < -0.3 is 24.9 Å². The molecule has 0 spiro atoms. The van der Waals surface area contributed by atoms with Crippen molar-refractivity contribution in [1.29, 1.82) is 0 Å². The lowest BCUT2D eigenvalue weighted by Crippen LogP contribution is -2.66. The summed E-state index contributed by atoms with van der Waals surface area (Å²) in [7, 11) is 0. The van der Waals surface area contributed by atoms with E-state index >= 15 is 0 Å². The number of benzene rings is 2. The number of aromatic nitrogens is 1. The summed E-state index contributed by atoms with van der Waals surface area (Å²) < 4.78 is 10.5. The highest BCUT2D eigenvalue weighted by molar-refractivity contribution is 7.14. The number of thiazole rings is 1. The number of nitro benzene ring substituents is 2. The summed E-state index contributed by atoms with van der Waals surface area (Å²) in [4.78, 5) is 99.6. The van der Waals surface area contributed by atoms with Crippen LogP contribution in [0.3, 0.4) is 0 Å². The predicted octanol–water partition coefficient (Wildman–Crippen LogP) is 3.16. The number of alkyl halides is 1. The maximum absolute atomic E-state index is 13.5. The van der Waals surface area contributed by atoms with Crippen molar-refractivity contribution in [2.24, 2.45) is 5.16 Å². The van der Waals surface area contributed by atoms with Gasteiger partial charge in [-0.05, 0) is 63.1 Å². The van der Waals surface area contributed by atoms with Crippen LogP contribution in [-0.4, -0.2) is 84.9 Å². The molecule has 3 aromatic rings. The Balaban J connectivity index is 1.39. The molecule has 0 aliphatic carbocycles. The highest BCUT2D eigenvalue weighted by atomic mass is 35.5. The fourth-order valence-electron chi connectivity index (χ4n) is 4.19. The first-order valence-electron chi connectivity index (χ1n) is 15.6. The van der Waals surface area contributed by atoms with E-state index < -0.39 is 62.5 Å². The largest absolute Gasteiger partial charge is 0.459 e. The molecular weight excluding hydrogens is 758 g/mol. The number of nitrogens with one attached hydrogen (secondary N) is 2. The molecule has 4 rings (SSSR count). The predicted molar refractivity (Wildman–Crippen MR) is 188 cm³/mol. The van der Waals surface area contributed by atoms with Crippen molar-refractivity contribution in [2.45, 2.75) is 58.2 Å². The van der Waals surface area contributed by atoms with E-state index in [1.165, 1.54) is 81.6 Å². The number of esters is 2. The van der Waals surface area contributed by atoms with Gasteiger partial charge in [0.15, 0.2) is 16.4 Å². The smallest absolute Gasteiger partial charge is 0.353 e. The van der Waals surface area contributed by atoms with Crippen LogP contribution in [0.5, 0.6) is 0 Å². The van der Waals surface area contributed by atoms with Gasteiger partial charge in [-0.1, -0.05) is 5.16 Å². The van der Waals surface area contributed by atoms with Crippen LogP contribution in [0.25, 0.3) is 0 Å². The Kier molecular flexibility index (Phi) is 12.9. The third-order valence-electron chi connectivity index (χ3n) is 7.25. The molecule has 1 saturated heterocycles. The quantitative estimate of drug-likeness (QED) is 0.0497. The number of hydroxylamine groups is 2. The summed E-state index contributed by atoms with van der Waals surface area (Å²) in [6, 6.07) is 9.53. The Labute approximate surface area is 314 Å². The van der Waals surface area contributed by atoms with E-state index in [0.29, 0.717) is 11.1 Å². The van der Waals surface area contributed by atoms with Crippen LogP contribution in [0.1, 0.15) is 44.5 Å². The molecule has 1 aliphatic heterocycles. The fraction of sp³-hybridized carbons (Fsp3) is 0.344.